The molecule has 0 radical (unpaired) electrons. The first kappa shape index (κ1) is 18.5. The van der Waals surface area contributed by atoms with Gasteiger partial charge >= 0.3 is 5.69 Å². The lowest BCUT2D eigenvalue weighted by molar-refractivity contribution is -0.116. The van der Waals surface area contributed by atoms with E-state index >= 15 is 0 Å². The lowest BCUT2D eigenvalue weighted by Gasteiger charge is -2.33. The highest BCUT2D eigenvalue weighted by atomic mass is 16.1. The van der Waals surface area contributed by atoms with Crippen molar-refractivity contribution < 1.29 is 4.79 Å². The molecule has 1 saturated heterocycles. The van der Waals surface area contributed by atoms with E-state index in [0.29, 0.717) is 23.5 Å². The predicted molar refractivity (Wildman–Crippen MR) is 112 cm³/mol. The lowest BCUT2D eigenvalue weighted by Crippen LogP contribution is -2.36. The zero-order valence-corrected chi connectivity index (χ0v) is 16.1. The van der Waals surface area contributed by atoms with Gasteiger partial charge in [0.25, 0.3) is 0 Å². The number of benzene rings is 2. The molecule has 3 aromatic rings. The van der Waals surface area contributed by atoms with Gasteiger partial charge in [0.05, 0.1) is 11.0 Å². The van der Waals surface area contributed by atoms with Crippen LogP contribution in [-0.2, 0) is 4.79 Å². The summed E-state index contributed by atoms with van der Waals surface area (Å²) >= 11 is 0. The molecule has 0 saturated carbocycles. The molecule has 2 aromatic carbocycles. The molecule has 1 aliphatic heterocycles. The van der Waals surface area contributed by atoms with Crippen molar-refractivity contribution in [1.82, 2.24) is 14.9 Å². The number of nitrogens with zero attached hydrogens (tertiary/aromatic N) is 1. The van der Waals surface area contributed by atoms with Gasteiger partial charge in [-0.3, -0.25) is 4.79 Å². The zero-order chi connectivity index (χ0) is 19.5. The monoisotopic (exact) mass is 378 g/mol. The number of hydrogen-bond donors (Lipinski definition) is 3. The topological polar surface area (TPSA) is 81.0 Å². The van der Waals surface area contributed by atoms with Crippen molar-refractivity contribution in [2.24, 2.45) is 0 Å². The molecule has 2 heterocycles. The second kappa shape index (κ2) is 8.02. The van der Waals surface area contributed by atoms with E-state index in [4.69, 9.17) is 0 Å². The van der Waals surface area contributed by atoms with E-state index in [-0.39, 0.29) is 11.6 Å². The maximum Gasteiger partial charge on any atom is 0.323 e. The normalized spacial score (nSPS) is 17.7. The average molecular weight is 378 g/mol. The highest BCUT2D eigenvalue weighted by molar-refractivity contribution is 5.93. The third-order valence-corrected chi connectivity index (χ3v) is 5.59. The molecule has 1 aliphatic rings. The summed E-state index contributed by atoms with van der Waals surface area (Å²) < 4.78 is 0. The van der Waals surface area contributed by atoms with Crippen molar-refractivity contribution in [2.45, 2.75) is 32.1 Å². The van der Waals surface area contributed by atoms with E-state index in [9.17, 15) is 9.59 Å². The van der Waals surface area contributed by atoms with E-state index in [1.807, 2.05) is 0 Å². The summed E-state index contributed by atoms with van der Waals surface area (Å²) in [6.07, 6.45) is 2.84. The molecule has 1 amide bonds. The number of hydrogen-bond acceptors (Lipinski definition) is 3. The van der Waals surface area contributed by atoms with Crippen LogP contribution >= 0.6 is 0 Å². The van der Waals surface area contributed by atoms with Gasteiger partial charge in [0, 0.05) is 25.2 Å². The smallest absolute Gasteiger partial charge is 0.323 e. The SMILES string of the molecule is Cc1ccccc1[C@H]1CCCN(CCC(=O)Nc2ccc3[nH]c(=O)[nH]c3c2)C1. The molecule has 0 unspecified atom stereocenters. The first-order valence-electron chi connectivity index (χ1n) is 9.88. The number of carbonyl (C=O) groups is 1. The molecule has 3 N–H and O–H groups in total. The molecule has 1 atom stereocenters. The Morgan fingerprint density at radius 3 is 2.86 bits per heavy atom. The van der Waals surface area contributed by atoms with Crippen molar-refractivity contribution in [3.63, 3.8) is 0 Å². The van der Waals surface area contributed by atoms with Gasteiger partial charge < -0.3 is 20.2 Å². The second-order valence-electron chi connectivity index (χ2n) is 7.63. The molecule has 0 bridgehead atoms. The number of carbonyl (C=O) groups excluding carboxylic acids is 1. The summed E-state index contributed by atoms with van der Waals surface area (Å²) in [5.74, 6) is 0.543. The van der Waals surface area contributed by atoms with Gasteiger partial charge in [-0.15, -0.1) is 0 Å². The van der Waals surface area contributed by atoms with Crippen molar-refractivity contribution >= 4 is 22.6 Å². The average Bonchev–Trinajstić information content (AvgIpc) is 3.06. The van der Waals surface area contributed by atoms with Crippen LogP contribution < -0.4 is 11.0 Å². The Bertz CT molecular complexity index is 1040. The Morgan fingerprint density at radius 2 is 2.00 bits per heavy atom. The Labute approximate surface area is 164 Å². The number of piperidine rings is 1. The van der Waals surface area contributed by atoms with Crippen LogP contribution in [0.5, 0.6) is 0 Å². The summed E-state index contributed by atoms with van der Waals surface area (Å²) in [4.78, 5) is 31.5. The van der Waals surface area contributed by atoms with Crippen molar-refractivity contribution in [1.29, 1.82) is 0 Å². The van der Waals surface area contributed by atoms with Crippen molar-refractivity contribution in [2.75, 3.05) is 25.0 Å². The number of fused-ring (bicyclic) bond motifs is 1. The number of H-pyrrole nitrogens is 2. The number of amides is 1. The molecule has 6 heteroatoms. The molecule has 0 spiro atoms. The first-order valence-corrected chi connectivity index (χ1v) is 9.88. The van der Waals surface area contributed by atoms with Crippen LogP contribution in [0.15, 0.2) is 47.3 Å². The number of aryl methyl sites for hydroxylation is 1. The van der Waals surface area contributed by atoms with Gasteiger partial charge in [0.2, 0.25) is 5.91 Å². The molecule has 0 aliphatic carbocycles. The van der Waals surface area contributed by atoms with Crippen molar-refractivity contribution in [3.8, 4) is 0 Å². The highest BCUT2D eigenvalue weighted by Crippen LogP contribution is 2.29. The zero-order valence-electron chi connectivity index (χ0n) is 16.1. The lowest BCUT2D eigenvalue weighted by atomic mass is 9.88. The Morgan fingerprint density at radius 1 is 1.18 bits per heavy atom. The summed E-state index contributed by atoms with van der Waals surface area (Å²) in [5, 5.41) is 2.93. The molecular formula is C22H26N4O2. The van der Waals surface area contributed by atoms with Crippen molar-refractivity contribution in [3.05, 3.63) is 64.1 Å². The van der Waals surface area contributed by atoms with Crippen LogP contribution in [0.3, 0.4) is 0 Å². The maximum absolute atomic E-state index is 12.4. The number of rotatable bonds is 5. The molecular weight excluding hydrogens is 352 g/mol. The van der Waals surface area contributed by atoms with Crippen LogP contribution in [0, 0.1) is 6.92 Å². The fraction of sp³-hybridized carbons (Fsp3) is 0.364. The third-order valence-electron chi connectivity index (χ3n) is 5.59. The quantitative estimate of drug-likeness (QED) is 0.637. The van der Waals surface area contributed by atoms with Gasteiger partial charge in [-0.2, -0.15) is 0 Å². The number of imidazole rings is 1. The van der Waals surface area contributed by atoms with Gasteiger partial charge in [-0.05, 0) is 61.6 Å². The molecule has 1 aromatic heterocycles. The fourth-order valence-electron chi connectivity index (χ4n) is 4.15. The number of anilines is 1. The van der Waals surface area contributed by atoms with Gasteiger partial charge in [-0.25, -0.2) is 4.79 Å². The minimum absolute atomic E-state index is 0.00440. The number of likely N-dealkylation sites (tertiary alicyclic amines) is 1. The first-order chi connectivity index (χ1) is 13.6. The largest absolute Gasteiger partial charge is 0.326 e. The summed E-state index contributed by atoms with van der Waals surface area (Å²) in [6.45, 7) is 4.99. The standard InChI is InChI=1S/C22H26N4O2/c1-15-5-2-3-7-18(15)16-6-4-11-26(14-16)12-10-21(27)23-17-8-9-19-20(13-17)25-22(28)24-19/h2-3,5,7-9,13,16H,4,6,10-12,14H2,1H3,(H,23,27)(H2,24,25,28)/t16-/m0/s1. The molecule has 1 fully saturated rings. The summed E-state index contributed by atoms with van der Waals surface area (Å²) in [5.41, 5.74) is 4.67. The van der Waals surface area contributed by atoms with Crippen LogP contribution in [0.25, 0.3) is 11.0 Å². The fourth-order valence-corrected chi connectivity index (χ4v) is 4.15. The predicted octanol–water partition coefficient (Wildman–Crippen LogP) is 3.37. The molecule has 4 rings (SSSR count). The molecule has 28 heavy (non-hydrogen) atoms. The second-order valence-corrected chi connectivity index (χ2v) is 7.63. The van der Waals surface area contributed by atoms with Gasteiger partial charge in [0.1, 0.15) is 0 Å². The van der Waals surface area contributed by atoms with Crippen LogP contribution in [0.2, 0.25) is 0 Å². The number of aromatic amines is 2. The number of aromatic nitrogens is 2. The van der Waals surface area contributed by atoms with E-state index in [1.165, 1.54) is 17.5 Å². The number of nitrogens with one attached hydrogen (secondary N) is 3. The minimum Gasteiger partial charge on any atom is -0.326 e. The Kier molecular flexibility index (Phi) is 5.30. The van der Waals surface area contributed by atoms with Gasteiger partial charge in [0.15, 0.2) is 0 Å². The van der Waals surface area contributed by atoms with E-state index in [1.54, 1.807) is 18.2 Å². The van der Waals surface area contributed by atoms with E-state index < -0.39 is 0 Å². The maximum atomic E-state index is 12.4. The van der Waals surface area contributed by atoms with Crippen LogP contribution in [-0.4, -0.2) is 40.4 Å². The van der Waals surface area contributed by atoms with Gasteiger partial charge in [-0.1, -0.05) is 24.3 Å². The minimum atomic E-state index is -0.244. The van der Waals surface area contributed by atoms with Crippen LogP contribution in [0.1, 0.15) is 36.3 Å². The van der Waals surface area contributed by atoms with E-state index in [0.717, 1.165) is 31.6 Å². The van der Waals surface area contributed by atoms with E-state index in [2.05, 4.69) is 51.4 Å². The Balaban J connectivity index is 1.32. The highest BCUT2D eigenvalue weighted by Gasteiger charge is 2.22. The molecule has 6 nitrogen and oxygen atoms in total. The Hall–Kier alpha value is -2.86. The summed E-state index contributed by atoms with van der Waals surface area (Å²) in [6, 6.07) is 14.0. The summed E-state index contributed by atoms with van der Waals surface area (Å²) in [7, 11) is 0. The third kappa shape index (κ3) is 4.17. The molecule has 146 valence electrons. The van der Waals surface area contributed by atoms with Crippen LogP contribution in [0.4, 0.5) is 5.69 Å².